The molecule has 1 aromatic rings. The number of thioether (sulfide) groups is 1. The number of nitrogens with one attached hydrogen (secondary N) is 1. The van der Waals surface area contributed by atoms with E-state index in [1.807, 2.05) is 12.3 Å². The highest BCUT2D eigenvalue weighted by atomic mass is 32.2. The van der Waals surface area contributed by atoms with Gasteiger partial charge in [-0.3, -0.25) is 0 Å². The van der Waals surface area contributed by atoms with Crippen molar-refractivity contribution >= 4 is 21.6 Å². The third-order valence-corrected chi connectivity index (χ3v) is 5.73. The molecule has 0 saturated carbocycles. The second-order valence-electron chi connectivity index (χ2n) is 5.14. The summed E-state index contributed by atoms with van der Waals surface area (Å²) >= 11 is 1.54. The largest absolute Gasteiger partial charge is 0.316 e. The van der Waals surface area contributed by atoms with Crippen LogP contribution in [0.25, 0.3) is 0 Å². The number of piperidine rings is 1. The van der Waals surface area contributed by atoms with E-state index in [-0.39, 0.29) is 0 Å². The number of sulfone groups is 1. The fourth-order valence-corrected chi connectivity index (χ4v) is 4.84. The third kappa shape index (κ3) is 3.74. The molecule has 19 heavy (non-hydrogen) atoms. The number of rotatable bonds is 4. The van der Waals surface area contributed by atoms with E-state index in [9.17, 15) is 8.42 Å². The molecule has 0 bridgehead atoms. The summed E-state index contributed by atoms with van der Waals surface area (Å²) in [7, 11) is -3.15. The molecule has 3 nitrogen and oxygen atoms in total. The summed E-state index contributed by atoms with van der Waals surface area (Å²) in [5, 5.41) is 3.41. The van der Waals surface area contributed by atoms with E-state index in [0.29, 0.717) is 10.8 Å². The first kappa shape index (κ1) is 14.9. The molecule has 1 saturated heterocycles. The zero-order valence-electron chi connectivity index (χ0n) is 11.5. The van der Waals surface area contributed by atoms with Crippen LogP contribution in [0.5, 0.6) is 0 Å². The summed E-state index contributed by atoms with van der Waals surface area (Å²) in [6, 6.07) is 5.64. The molecule has 1 N–H and O–H groups in total. The van der Waals surface area contributed by atoms with Crippen molar-refractivity contribution < 1.29 is 8.42 Å². The lowest BCUT2D eigenvalue weighted by Gasteiger charge is -2.24. The number of hydrogen-bond acceptors (Lipinski definition) is 4. The van der Waals surface area contributed by atoms with Crippen LogP contribution in [0.3, 0.4) is 0 Å². The quantitative estimate of drug-likeness (QED) is 0.867. The van der Waals surface area contributed by atoms with Gasteiger partial charge in [0, 0.05) is 11.2 Å². The van der Waals surface area contributed by atoms with Gasteiger partial charge in [-0.15, -0.1) is 11.8 Å². The van der Waals surface area contributed by atoms with Gasteiger partial charge in [0.05, 0.1) is 4.90 Å². The summed E-state index contributed by atoms with van der Waals surface area (Å²) in [5.41, 5.74) is 1.17. The molecule has 1 aliphatic rings. The fourth-order valence-electron chi connectivity index (χ4n) is 2.65. The first-order valence-corrected chi connectivity index (χ1v) is 9.70. The minimum atomic E-state index is -3.15. The van der Waals surface area contributed by atoms with E-state index in [0.717, 1.165) is 24.4 Å². The van der Waals surface area contributed by atoms with Gasteiger partial charge in [-0.05, 0) is 56.2 Å². The molecule has 0 spiro atoms. The Kier molecular flexibility index (Phi) is 4.92. The van der Waals surface area contributed by atoms with Crippen LogP contribution in [0.2, 0.25) is 0 Å². The van der Waals surface area contributed by atoms with E-state index in [1.165, 1.54) is 36.4 Å². The maximum absolute atomic E-state index is 11.8. The van der Waals surface area contributed by atoms with Crippen LogP contribution in [0.1, 0.15) is 18.4 Å². The zero-order valence-corrected chi connectivity index (χ0v) is 13.1. The average molecular weight is 299 g/mol. The molecule has 5 heteroatoms. The maximum atomic E-state index is 11.8. The van der Waals surface area contributed by atoms with Crippen LogP contribution in [0.15, 0.2) is 28.0 Å². The van der Waals surface area contributed by atoms with E-state index in [2.05, 4.69) is 11.4 Å². The van der Waals surface area contributed by atoms with Crippen molar-refractivity contribution in [3.63, 3.8) is 0 Å². The van der Waals surface area contributed by atoms with Gasteiger partial charge in [-0.25, -0.2) is 8.42 Å². The van der Waals surface area contributed by atoms with Crippen LogP contribution in [0, 0.1) is 5.92 Å². The summed E-state index contributed by atoms with van der Waals surface area (Å²) in [6.45, 7) is 2.15. The van der Waals surface area contributed by atoms with Gasteiger partial charge in [-0.1, -0.05) is 12.1 Å². The maximum Gasteiger partial charge on any atom is 0.176 e. The lowest BCUT2D eigenvalue weighted by atomic mass is 9.92. The van der Waals surface area contributed by atoms with Gasteiger partial charge in [0.25, 0.3) is 0 Å². The Balaban J connectivity index is 2.29. The molecular formula is C14H21NO2S2. The summed E-state index contributed by atoms with van der Waals surface area (Å²) in [6.07, 6.45) is 6.64. The second-order valence-corrected chi connectivity index (χ2v) is 7.94. The molecule has 0 radical (unpaired) electrons. The van der Waals surface area contributed by atoms with Crippen molar-refractivity contribution in [1.82, 2.24) is 5.32 Å². The molecule has 1 atom stereocenters. The summed E-state index contributed by atoms with van der Waals surface area (Å²) < 4.78 is 23.7. The molecule has 1 aromatic carbocycles. The van der Waals surface area contributed by atoms with E-state index < -0.39 is 9.84 Å². The molecule has 1 aliphatic heterocycles. The van der Waals surface area contributed by atoms with Crippen molar-refractivity contribution in [2.75, 3.05) is 25.6 Å². The fraction of sp³-hybridized carbons (Fsp3) is 0.571. The Morgan fingerprint density at radius 1 is 1.42 bits per heavy atom. The predicted octanol–water partition coefficient (Wildman–Crippen LogP) is 2.35. The topological polar surface area (TPSA) is 46.2 Å². The minimum Gasteiger partial charge on any atom is -0.316 e. The molecule has 1 fully saturated rings. The first-order valence-electron chi connectivity index (χ1n) is 6.59. The van der Waals surface area contributed by atoms with E-state index in [1.54, 1.807) is 6.07 Å². The molecule has 0 aliphatic carbocycles. The van der Waals surface area contributed by atoms with Crippen LogP contribution in [0.4, 0.5) is 0 Å². The van der Waals surface area contributed by atoms with Crippen molar-refractivity contribution in [2.24, 2.45) is 5.92 Å². The van der Waals surface area contributed by atoms with Crippen LogP contribution in [-0.4, -0.2) is 34.0 Å². The van der Waals surface area contributed by atoms with Crippen molar-refractivity contribution in [2.45, 2.75) is 29.1 Å². The highest BCUT2D eigenvalue weighted by molar-refractivity contribution is 7.99. The lowest BCUT2D eigenvalue weighted by molar-refractivity contribution is 0.374. The minimum absolute atomic E-state index is 0.473. The van der Waals surface area contributed by atoms with Gasteiger partial charge >= 0.3 is 0 Å². The average Bonchev–Trinajstić information content (AvgIpc) is 2.38. The molecule has 1 heterocycles. The molecule has 0 aromatic heterocycles. The Hall–Kier alpha value is -0.520. The molecular weight excluding hydrogens is 278 g/mol. The monoisotopic (exact) mass is 299 g/mol. The van der Waals surface area contributed by atoms with Crippen molar-refractivity contribution in [3.05, 3.63) is 23.8 Å². The Labute approximate surface area is 120 Å². The molecule has 2 rings (SSSR count). The molecule has 106 valence electrons. The number of hydrogen-bond donors (Lipinski definition) is 1. The Morgan fingerprint density at radius 2 is 2.21 bits per heavy atom. The highest BCUT2D eigenvalue weighted by Gasteiger charge is 2.19. The SMILES string of the molecule is CSc1c(CC2CCCNC2)cccc1S(C)(=O)=O. The molecule has 0 amide bonds. The van der Waals surface area contributed by atoms with Crippen molar-refractivity contribution in [3.8, 4) is 0 Å². The highest BCUT2D eigenvalue weighted by Crippen LogP contribution is 2.31. The van der Waals surface area contributed by atoms with Gasteiger partial charge in [-0.2, -0.15) is 0 Å². The standard InChI is InChI=1S/C14H21NO2S2/c1-18-14-12(9-11-5-4-8-15-10-11)6-3-7-13(14)19(2,16)17/h3,6-7,11,15H,4-5,8-10H2,1-2H3. The van der Waals surface area contributed by atoms with Gasteiger partial charge in [0.15, 0.2) is 9.84 Å². The van der Waals surface area contributed by atoms with Crippen LogP contribution >= 0.6 is 11.8 Å². The summed E-state index contributed by atoms with van der Waals surface area (Å²) in [4.78, 5) is 1.40. The third-order valence-electron chi connectivity index (χ3n) is 3.57. The van der Waals surface area contributed by atoms with E-state index in [4.69, 9.17) is 0 Å². The van der Waals surface area contributed by atoms with Gasteiger partial charge in [0.2, 0.25) is 0 Å². The predicted molar refractivity (Wildman–Crippen MR) is 80.6 cm³/mol. The second kappa shape index (κ2) is 6.29. The van der Waals surface area contributed by atoms with Crippen molar-refractivity contribution in [1.29, 1.82) is 0 Å². The first-order chi connectivity index (χ1) is 9.02. The summed E-state index contributed by atoms with van der Waals surface area (Å²) in [5.74, 6) is 0.620. The van der Waals surface area contributed by atoms with Crippen LogP contribution < -0.4 is 5.32 Å². The zero-order chi connectivity index (χ0) is 13.9. The van der Waals surface area contributed by atoms with Gasteiger partial charge in [0.1, 0.15) is 0 Å². The smallest absolute Gasteiger partial charge is 0.176 e. The lowest BCUT2D eigenvalue weighted by Crippen LogP contribution is -2.31. The van der Waals surface area contributed by atoms with Gasteiger partial charge < -0.3 is 5.32 Å². The number of benzene rings is 1. The molecule has 1 unspecified atom stereocenters. The normalized spacial score (nSPS) is 20.4. The Bertz CT molecular complexity index is 534. The van der Waals surface area contributed by atoms with E-state index >= 15 is 0 Å². The van der Waals surface area contributed by atoms with Crippen LogP contribution in [-0.2, 0) is 16.3 Å². The Morgan fingerprint density at radius 3 is 2.79 bits per heavy atom.